The fourth-order valence-electron chi connectivity index (χ4n) is 3.96. The summed E-state index contributed by atoms with van der Waals surface area (Å²) < 4.78 is 11.0. The monoisotopic (exact) mass is 405 g/mol. The molecule has 0 bridgehead atoms. The number of benzene rings is 2. The van der Waals surface area contributed by atoms with Crippen molar-refractivity contribution in [3.05, 3.63) is 60.3 Å². The van der Waals surface area contributed by atoms with Gasteiger partial charge in [-0.25, -0.2) is 4.98 Å². The van der Waals surface area contributed by atoms with E-state index in [2.05, 4.69) is 55.7 Å². The second-order valence-corrected chi connectivity index (χ2v) is 7.33. The van der Waals surface area contributed by atoms with Gasteiger partial charge in [-0.15, -0.1) is 5.10 Å². The van der Waals surface area contributed by atoms with Gasteiger partial charge in [0.15, 0.2) is 0 Å². The molecule has 2 aromatic carbocycles. The smallest absolute Gasteiger partial charge is 0.243 e. The van der Waals surface area contributed by atoms with Crippen LogP contribution in [0.4, 0.5) is 5.95 Å². The van der Waals surface area contributed by atoms with E-state index < -0.39 is 0 Å². The number of hydrogen-bond acceptors (Lipinski definition) is 7. The largest absolute Gasteiger partial charge is 0.496 e. The Hall–Kier alpha value is -3.19. The van der Waals surface area contributed by atoms with Crippen LogP contribution in [0.1, 0.15) is 17.9 Å². The van der Waals surface area contributed by atoms with E-state index in [1.165, 1.54) is 12.0 Å². The Morgan fingerprint density at radius 2 is 1.80 bits per heavy atom. The number of likely N-dealkylation sites (tertiary alicyclic amines) is 1. The molecule has 1 atom stereocenters. The van der Waals surface area contributed by atoms with Gasteiger partial charge in [-0.3, -0.25) is 0 Å². The average molecular weight is 406 g/mol. The third-order valence-electron chi connectivity index (χ3n) is 5.50. The molecule has 3 aromatic rings. The molecule has 7 heteroatoms. The predicted molar refractivity (Wildman–Crippen MR) is 117 cm³/mol. The van der Waals surface area contributed by atoms with Crippen molar-refractivity contribution in [1.82, 2.24) is 20.1 Å². The van der Waals surface area contributed by atoms with Crippen molar-refractivity contribution in [1.29, 1.82) is 0 Å². The van der Waals surface area contributed by atoms with Crippen molar-refractivity contribution >= 4 is 5.95 Å². The Morgan fingerprint density at radius 3 is 2.53 bits per heavy atom. The number of nitrogens with zero attached hydrogens (tertiary/aromatic N) is 4. The summed E-state index contributed by atoms with van der Waals surface area (Å²) in [5.74, 6) is 2.49. The van der Waals surface area contributed by atoms with Crippen molar-refractivity contribution in [2.45, 2.75) is 12.3 Å². The lowest BCUT2D eigenvalue weighted by Crippen LogP contribution is -2.27. The van der Waals surface area contributed by atoms with Gasteiger partial charge in [-0.1, -0.05) is 36.4 Å². The topological polar surface area (TPSA) is 72.4 Å². The molecule has 1 N–H and O–H groups in total. The minimum Gasteiger partial charge on any atom is -0.496 e. The third-order valence-corrected chi connectivity index (χ3v) is 5.50. The van der Waals surface area contributed by atoms with Crippen LogP contribution in [0.25, 0.3) is 11.3 Å². The molecule has 0 radical (unpaired) electrons. The first-order valence-corrected chi connectivity index (χ1v) is 10.2. The second kappa shape index (κ2) is 9.54. The van der Waals surface area contributed by atoms with Crippen molar-refractivity contribution in [2.24, 2.45) is 0 Å². The number of hydrogen-bond donors (Lipinski definition) is 1. The highest BCUT2D eigenvalue weighted by Crippen LogP contribution is 2.36. The van der Waals surface area contributed by atoms with E-state index in [0.29, 0.717) is 29.1 Å². The van der Waals surface area contributed by atoms with E-state index in [4.69, 9.17) is 9.47 Å². The fourth-order valence-corrected chi connectivity index (χ4v) is 3.96. The summed E-state index contributed by atoms with van der Waals surface area (Å²) in [6.07, 6.45) is 2.82. The average Bonchev–Trinajstić information content (AvgIpc) is 3.28. The van der Waals surface area contributed by atoms with Crippen LogP contribution in [0.5, 0.6) is 11.5 Å². The molecular weight excluding hydrogens is 378 g/mol. The summed E-state index contributed by atoms with van der Waals surface area (Å²) in [7, 11) is 3.26. The highest BCUT2D eigenvalue weighted by atomic mass is 16.5. The number of ether oxygens (including phenoxy) is 2. The normalized spacial score (nSPS) is 16.4. The number of anilines is 1. The van der Waals surface area contributed by atoms with E-state index in [-0.39, 0.29) is 0 Å². The van der Waals surface area contributed by atoms with Crippen LogP contribution in [-0.2, 0) is 0 Å². The molecule has 1 aliphatic rings. The summed E-state index contributed by atoms with van der Waals surface area (Å²) >= 11 is 0. The molecule has 0 aliphatic carbocycles. The Balaban J connectivity index is 1.37. The maximum Gasteiger partial charge on any atom is 0.243 e. The van der Waals surface area contributed by atoms with Gasteiger partial charge in [0.05, 0.1) is 26.0 Å². The summed E-state index contributed by atoms with van der Waals surface area (Å²) in [5.41, 5.74) is 2.86. The van der Waals surface area contributed by atoms with Crippen molar-refractivity contribution in [2.75, 3.05) is 45.7 Å². The quantitative estimate of drug-likeness (QED) is 0.615. The molecule has 156 valence electrons. The highest BCUT2D eigenvalue weighted by molar-refractivity contribution is 5.74. The molecule has 1 fully saturated rings. The van der Waals surface area contributed by atoms with Gasteiger partial charge in [0.25, 0.3) is 0 Å². The summed E-state index contributed by atoms with van der Waals surface area (Å²) in [4.78, 5) is 7.10. The standard InChI is InChI=1S/C23H27N5O2/c1-29-20-9-6-10-21(30-2)22(20)19-15-25-27-23(26-19)24-12-14-28-13-11-18(16-28)17-7-4-3-5-8-17/h3-10,15,18H,11-14,16H2,1-2H3,(H,24,26,27). The van der Waals surface area contributed by atoms with E-state index in [1.54, 1.807) is 20.4 Å². The number of rotatable bonds is 8. The molecule has 4 rings (SSSR count). The van der Waals surface area contributed by atoms with E-state index in [9.17, 15) is 0 Å². The van der Waals surface area contributed by atoms with Gasteiger partial charge in [0.1, 0.15) is 17.2 Å². The van der Waals surface area contributed by atoms with Crippen LogP contribution in [-0.4, -0.2) is 60.5 Å². The maximum atomic E-state index is 5.48. The van der Waals surface area contributed by atoms with Gasteiger partial charge >= 0.3 is 0 Å². The first-order chi connectivity index (χ1) is 14.8. The first-order valence-electron chi connectivity index (χ1n) is 10.2. The molecule has 0 saturated carbocycles. The Labute approximate surface area is 177 Å². The highest BCUT2D eigenvalue weighted by Gasteiger charge is 2.23. The lowest BCUT2D eigenvalue weighted by molar-refractivity contribution is 0.347. The molecule has 1 saturated heterocycles. The fraction of sp³-hybridized carbons (Fsp3) is 0.348. The van der Waals surface area contributed by atoms with Crippen LogP contribution < -0.4 is 14.8 Å². The molecule has 2 heterocycles. The summed E-state index contributed by atoms with van der Waals surface area (Å²) in [5, 5.41) is 11.5. The van der Waals surface area contributed by atoms with Crippen LogP contribution in [0, 0.1) is 0 Å². The maximum absolute atomic E-state index is 5.48. The van der Waals surface area contributed by atoms with Gasteiger partial charge < -0.3 is 19.7 Å². The minimum absolute atomic E-state index is 0.499. The predicted octanol–water partition coefficient (Wildman–Crippen LogP) is 3.46. The van der Waals surface area contributed by atoms with E-state index in [1.807, 2.05) is 18.2 Å². The summed E-state index contributed by atoms with van der Waals surface area (Å²) in [6, 6.07) is 16.4. The SMILES string of the molecule is COc1cccc(OC)c1-c1cnnc(NCCN2CCC(c3ccccc3)C2)n1. The molecule has 1 unspecified atom stereocenters. The zero-order chi connectivity index (χ0) is 20.8. The number of nitrogens with one attached hydrogen (secondary N) is 1. The van der Waals surface area contributed by atoms with E-state index in [0.717, 1.165) is 31.7 Å². The third kappa shape index (κ3) is 4.52. The molecule has 30 heavy (non-hydrogen) atoms. The van der Waals surface area contributed by atoms with Gasteiger partial charge in [-0.05, 0) is 36.6 Å². The molecule has 1 aliphatic heterocycles. The van der Waals surface area contributed by atoms with Crippen LogP contribution in [0.2, 0.25) is 0 Å². The van der Waals surface area contributed by atoms with Gasteiger partial charge in [-0.2, -0.15) is 5.10 Å². The minimum atomic E-state index is 0.499. The van der Waals surface area contributed by atoms with Gasteiger partial charge in [0, 0.05) is 19.6 Å². The summed E-state index contributed by atoms with van der Waals surface area (Å²) in [6.45, 7) is 3.90. The van der Waals surface area contributed by atoms with Crippen molar-refractivity contribution in [3.63, 3.8) is 0 Å². The zero-order valence-corrected chi connectivity index (χ0v) is 17.4. The zero-order valence-electron chi connectivity index (χ0n) is 17.4. The van der Waals surface area contributed by atoms with Crippen LogP contribution in [0.3, 0.4) is 0 Å². The molecular formula is C23H27N5O2. The van der Waals surface area contributed by atoms with Crippen LogP contribution >= 0.6 is 0 Å². The Bertz CT molecular complexity index is 945. The van der Waals surface area contributed by atoms with Crippen molar-refractivity contribution in [3.8, 4) is 22.8 Å². The van der Waals surface area contributed by atoms with E-state index >= 15 is 0 Å². The Morgan fingerprint density at radius 1 is 1.03 bits per heavy atom. The van der Waals surface area contributed by atoms with Gasteiger partial charge in [0.2, 0.25) is 5.95 Å². The molecule has 0 amide bonds. The first kappa shape index (κ1) is 20.1. The molecule has 7 nitrogen and oxygen atoms in total. The number of methoxy groups -OCH3 is 2. The lowest BCUT2D eigenvalue weighted by atomic mass is 9.99. The lowest BCUT2D eigenvalue weighted by Gasteiger charge is -2.17. The number of aromatic nitrogens is 3. The van der Waals surface area contributed by atoms with Crippen LogP contribution in [0.15, 0.2) is 54.7 Å². The Kier molecular flexibility index (Phi) is 6.39. The molecule has 0 spiro atoms. The van der Waals surface area contributed by atoms with Crippen molar-refractivity contribution < 1.29 is 9.47 Å². The molecule has 1 aromatic heterocycles. The second-order valence-electron chi connectivity index (χ2n) is 7.33.